The highest BCUT2D eigenvalue weighted by Gasteiger charge is 2.15. The Balaban J connectivity index is 2.14. The third-order valence-corrected chi connectivity index (χ3v) is 3.83. The Morgan fingerprint density at radius 1 is 1.40 bits per heavy atom. The smallest absolute Gasteiger partial charge is 0.301 e. The zero-order valence-electron chi connectivity index (χ0n) is 10.6. The van der Waals surface area contributed by atoms with E-state index in [-0.39, 0.29) is 12.4 Å². The Bertz CT molecular complexity index is 620. The number of benzene rings is 1. The van der Waals surface area contributed by atoms with Crippen LogP contribution in [-0.4, -0.2) is 5.91 Å². The molecular weight excluding hydrogens is 392 g/mol. The summed E-state index contributed by atoms with van der Waals surface area (Å²) in [7, 11) is 0. The van der Waals surface area contributed by atoms with Gasteiger partial charge in [-0.15, -0.1) is 0 Å². The molecule has 1 amide bonds. The Labute approximate surface area is 132 Å². The van der Waals surface area contributed by atoms with Gasteiger partial charge < -0.3 is 9.15 Å². The maximum Gasteiger partial charge on any atom is 0.301 e. The molecule has 5 nitrogen and oxygen atoms in total. The fraction of sp³-hybridized carbons (Fsp3) is 0.154. The monoisotopic (exact) mass is 402 g/mol. The predicted molar refractivity (Wildman–Crippen MR) is 81.3 cm³/mol. The van der Waals surface area contributed by atoms with Crippen molar-refractivity contribution in [2.24, 2.45) is 5.84 Å². The number of nitrogen functional groups attached to an aromatic ring is 1. The second kappa shape index (κ2) is 6.43. The summed E-state index contributed by atoms with van der Waals surface area (Å²) in [6.45, 7) is 1.98. The van der Waals surface area contributed by atoms with Crippen LogP contribution in [0.2, 0.25) is 0 Å². The van der Waals surface area contributed by atoms with Crippen LogP contribution in [0.25, 0.3) is 0 Å². The van der Waals surface area contributed by atoms with E-state index in [4.69, 9.17) is 15.0 Å². The third-order valence-electron chi connectivity index (χ3n) is 2.58. The molecule has 0 aliphatic rings. The van der Waals surface area contributed by atoms with Crippen molar-refractivity contribution in [2.75, 3.05) is 0 Å². The van der Waals surface area contributed by atoms with E-state index in [0.717, 1.165) is 8.95 Å². The van der Waals surface area contributed by atoms with Gasteiger partial charge >= 0.3 is 5.91 Å². The number of hydrogen-bond donors (Lipinski definition) is 2. The first-order valence-corrected chi connectivity index (χ1v) is 7.28. The lowest BCUT2D eigenvalue weighted by atomic mass is 10.2. The molecule has 0 fully saturated rings. The minimum Gasteiger partial charge on any atom is -0.483 e. The van der Waals surface area contributed by atoms with Crippen LogP contribution in [0.4, 0.5) is 0 Å². The number of rotatable bonds is 4. The van der Waals surface area contributed by atoms with E-state index >= 15 is 0 Å². The molecule has 0 bridgehead atoms. The van der Waals surface area contributed by atoms with Gasteiger partial charge in [0.25, 0.3) is 0 Å². The molecule has 0 aliphatic heterocycles. The zero-order chi connectivity index (χ0) is 14.7. The van der Waals surface area contributed by atoms with E-state index in [2.05, 4.69) is 31.9 Å². The summed E-state index contributed by atoms with van der Waals surface area (Å²) in [4.78, 5) is 11.4. The molecule has 0 unspecified atom stereocenters. The molecule has 0 saturated carbocycles. The average molecular weight is 404 g/mol. The van der Waals surface area contributed by atoms with Crippen LogP contribution < -0.4 is 16.0 Å². The standard InChI is InChI=1S/C13H12Br2N2O3/c1-7-5-8(20-11(7)13(18)17-16)6-19-12-9(14)3-2-4-10(12)15/h2-5H,6,16H2,1H3,(H,17,18). The van der Waals surface area contributed by atoms with Crippen molar-refractivity contribution in [3.8, 4) is 5.75 Å². The number of halogens is 2. The van der Waals surface area contributed by atoms with Gasteiger partial charge in [-0.3, -0.25) is 10.2 Å². The molecule has 1 aromatic heterocycles. The summed E-state index contributed by atoms with van der Waals surface area (Å²) in [5, 5.41) is 0. The van der Waals surface area contributed by atoms with Crippen molar-refractivity contribution in [2.45, 2.75) is 13.5 Å². The molecule has 106 valence electrons. The number of nitrogens with one attached hydrogen (secondary N) is 1. The van der Waals surface area contributed by atoms with E-state index in [0.29, 0.717) is 17.1 Å². The highest BCUT2D eigenvalue weighted by atomic mass is 79.9. The van der Waals surface area contributed by atoms with Crippen LogP contribution in [0.5, 0.6) is 5.75 Å². The van der Waals surface area contributed by atoms with Gasteiger partial charge in [0, 0.05) is 5.56 Å². The van der Waals surface area contributed by atoms with Gasteiger partial charge in [0.2, 0.25) is 0 Å². The fourth-order valence-corrected chi connectivity index (χ4v) is 2.90. The number of ether oxygens (including phenoxy) is 1. The predicted octanol–water partition coefficient (Wildman–Crippen LogP) is 3.30. The molecule has 0 spiro atoms. The molecule has 1 heterocycles. The van der Waals surface area contributed by atoms with Crippen molar-refractivity contribution in [3.05, 3.63) is 50.3 Å². The van der Waals surface area contributed by atoms with Gasteiger partial charge in [-0.1, -0.05) is 6.07 Å². The number of furan rings is 1. The van der Waals surface area contributed by atoms with Crippen LogP contribution in [0.1, 0.15) is 21.9 Å². The van der Waals surface area contributed by atoms with E-state index in [1.807, 2.05) is 23.6 Å². The minimum absolute atomic E-state index is 0.192. The lowest BCUT2D eigenvalue weighted by Gasteiger charge is -2.08. The molecular formula is C13H12Br2N2O3. The maximum atomic E-state index is 11.4. The maximum absolute atomic E-state index is 11.4. The van der Waals surface area contributed by atoms with E-state index in [1.54, 1.807) is 13.0 Å². The van der Waals surface area contributed by atoms with E-state index < -0.39 is 5.91 Å². The first-order chi connectivity index (χ1) is 9.52. The lowest BCUT2D eigenvalue weighted by Crippen LogP contribution is -2.30. The van der Waals surface area contributed by atoms with Gasteiger partial charge in [0.05, 0.1) is 8.95 Å². The molecule has 2 rings (SSSR count). The van der Waals surface area contributed by atoms with Crippen molar-refractivity contribution in [1.29, 1.82) is 0 Å². The Morgan fingerprint density at radius 2 is 2.05 bits per heavy atom. The Morgan fingerprint density at radius 3 is 2.65 bits per heavy atom. The molecule has 7 heteroatoms. The van der Waals surface area contributed by atoms with Gasteiger partial charge in [-0.25, -0.2) is 5.84 Å². The van der Waals surface area contributed by atoms with E-state index in [9.17, 15) is 4.79 Å². The highest BCUT2D eigenvalue weighted by Crippen LogP contribution is 2.33. The SMILES string of the molecule is Cc1cc(COc2c(Br)cccc2Br)oc1C(=O)NN. The van der Waals surface area contributed by atoms with Gasteiger partial charge in [-0.2, -0.15) is 0 Å². The zero-order valence-corrected chi connectivity index (χ0v) is 13.7. The molecule has 0 atom stereocenters. The van der Waals surface area contributed by atoms with Crippen molar-refractivity contribution >= 4 is 37.8 Å². The molecule has 20 heavy (non-hydrogen) atoms. The third kappa shape index (κ3) is 3.23. The summed E-state index contributed by atoms with van der Waals surface area (Å²) in [6.07, 6.45) is 0. The van der Waals surface area contributed by atoms with Gasteiger partial charge in [0.15, 0.2) is 5.76 Å². The average Bonchev–Trinajstić information content (AvgIpc) is 2.78. The van der Waals surface area contributed by atoms with Crippen LogP contribution in [0.15, 0.2) is 37.6 Å². The lowest BCUT2D eigenvalue weighted by molar-refractivity contribution is 0.0921. The number of carbonyl (C=O) groups is 1. The van der Waals surface area contributed by atoms with Crippen LogP contribution in [-0.2, 0) is 6.61 Å². The molecule has 3 N–H and O–H groups in total. The number of hydrogen-bond acceptors (Lipinski definition) is 4. The van der Waals surface area contributed by atoms with E-state index in [1.165, 1.54) is 0 Å². The highest BCUT2D eigenvalue weighted by molar-refractivity contribution is 9.11. The molecule has 0 saturated heterocycles. The van der Waals surface area contributed by atoms with Gasteiger partial charge in [-0.05, 0) is 57.0 Å². The number of hydrazine groups is 1. The molecule has 1 aromatic carbocycles. The summed E-state index contributed by atoms with van der Waals surface area (Å²) in [5.74, 6) is 6.03. The quantitative estimate of drug-likeness (QED) is 0.466. The Hall–Kier alpha value is -1.31. The van der Waals surface area contributed by atoms with Crippen molar-refractivity contribution in [1.82, 2.24) is 5.43 Å². The Kier molecular flexibility index (Phi) is 4.85. The fourth-order valence-electron chi connectivity index (χ4n) is 1.67. The topological polar surface area (TPSA) is 77.5 Å². The van der Waals surface area contributed by atoms with Crippen molar-refractivity contribution < 1.29 is 13.9 Å². The first kappa shape index (κ1) is 15.1. The van der Waals surface area contributed by atoms with Crippen molar-refractivity contribution in [3.63, 3.8) is 0 Å². The van der Waals surface area contributed by atoms with Gasteiger partial charge in [0.1, 0.15) is 18.1 Å². The molecule has 0 aliphatic carbocycles. The summed E-state index contributed by atoms with van der Waals surface area (Å²) in [5.41, 5.74) is 2.75. The first-order valence-electron chi connectivity index (χ1n) is 5.70. The second-order valence-electron chi connectivity index (χ2n) is 4.04. The second-order valence-corrected chi connectivity index (χ2v) is 5.75. The summed E-state index contributed by atoms with van der Waals surface area (Å²) < 4.78 is 12.8. The van der Waals surface area contributed by atoms with Crippen LogP contribution >= 0.6 is 31.9 Å². The number of aryl methyl sites for hydroxylation is 1. The number of nitrogens with two attached hydrogens (primary N) is 1. The summed E-state index contributed by atoms with van der Waals surface area (Å²) >= 11 is 6.82. The number of para-hydroxylation sites is 1. The molecule has 2 aromatic rings. The number of carbonyl (C=O) groups excluding carboxylic acids is 1. The minimum atomic E-state index is -0.462. The van der Waals surface area contributed by atoms with Crippen LogP contribution in [0.3, 0.4) is 0 Å². The number of amides is 1. The largest absolute Gasteiger partial charge is 0.483 e. The summed E-state index contributed by atoms with van der Waals surface area (Å²) in [6, 6.07) is 7.39. The van der Waals surface area contributed by atoms with Crippen LogP contribution in [0, 0.1) is 6.92 Å². The normalized spacial score (nSPS) is 10.4. The molecule has 0 radical (unpaired) electrons.